The molecule has 0 aromatic carbocycles. The van der Waals surface area contributed by atoms with Gasteiger partial charge in [0.15, 0.2) is 0 Å². The molecule has 0 unspecified atom stereocenters. The van der Waals surface area contributed by atoms with Gasteiger partial charge in [-0.15, -0.1) is 10.2 Å². The van der Waals surface area contributed by atoms with Crippen LogP contribution in [-0.4, -0.2) is 31.5 Å². The number of rotatable bonds is 4. The van der Waals surface area contributed by atoms with E-state index in [4.69, 9.17) is 0 Å². The summed E-state index contributed by atoms with van der Waals surface area (Å²) in [4.78, 5) is 2.13. The number of amidine groups is 1. The Morgan fingerprint density at radius 3 is 1.79 bits per heavy atom. The highest BCUT2D eigenvalue weighted by molar-refractivity contribution is 5.87. The van der Waals surface area contributed by atoms with Crippen LogP contribution in [0.2, 0.25) is 0 Å². The molecule has 2 heterocycles. The molecule has 0 bridgehead atoms. The van der Waals surface area contributed by atoms with E-state index in [0.29, 0.717) is 23.9 Å². The quantitative estimate of drug-likeness (QED) is 0.903. The first-order valence-corrected chi connectivity index (χ1v) is 8.80. The summed E-state index contributed by atoms with van der Waals surface area (Å²) in [6.07, 6.45) is 0. The lowest BCUT2D eigenvalue weighted by atomic mass is 10.1. The van der Waals surface area contributed by atoms with Gasteiger partial charge < -0.3 is 9.47 Å². The van der Waals surface area contributed by atoms with Gasteiger partial charge in [0.1, 0.15) is 23.3 Å². The van der Waals surface area contributed by atoms with Gasteiger partial charge in [0, 0.05) is 23.9 Å². The van der Waals surface area contributed by atoms with Crippen LogP contribution >= 0.6 is 0 Å². The van der Waals surface area contributed by atoms with Crippen LogP contribution in [0.15, 0.2) is 17.5 Å². The van der Waals surface area contributed by atoms with Crippen LogP contribution in [-0.2, 0) is 0 Å². The molecular weight excluding hydrogens is 300 g/mol. The summed E-state index contributed by atoms with van der Waals surface area (Å²) in [6, 6.07) is 0.881. The second-order valence-electron chi connectivity index (χ2n) is 7.37. The Kier molecular flexibility index (Phi) is 6.99. The van der Waals surface area contributed by atoms with E-state index >= 15 is 0 Å². The summed E-state index contributed by atoms with van der Waals surface area (Å²) in [6.45, 7) is 23.0. The summed E-state index contributed by atoms with van der Waals surface area (Å²) < 4.78 is 2.19. The highest BCUT2D eigenvalue weighted by Crippen LogP contribution is 2.18. The number of hydrogen-bond donors (Lipinski definition) is 1. The minimum absolute atomic E-state index is 0.425. The van der Waals surface area contributed by atoms with E-state index in [-0.39, 0.29) is 0 Å². The van der Waals surface area contributed by atoms with Crippen LogP contribution in [0.1, 0.15) is 79.0 Å². The predicted octanol–water partition coefficient (Wildman–Crippen LogP) is 4.03. The Balaban J connectivity index is 0.000000240. The maximum Gasteiger partial charge on any atom is 0.135 e. The minimum atomic E-state index is 0.425. The summed E-state index contributed by atoms with van der Waals surface area (Å²) in [5.74, 6) is 4.95. The van der Waals surface area contributed by atoms with Crippen molar-refractivity contribution in [3.8, 4) is 0 Å². The van der Waals surface area contributed by atoms with Gasteiger partial charge in [-0.3, -0.25) is 5.43 Å². The average molecular weight is 335 g/mol. The molecule has 1 aliphatic heterocycles. The smallest absolute Gasteiger partial charge is 0.135 e. The third-order valence-corrected chi connectivity index (χ3v) is 3.80. The van der Waals surface area contributed by atoms with Crippen LogP contribution < -0.4 is 5.43 Å². The molecule has 0 radical (unpaired) electrons. The molecule has 2 rings (SSSR count). The second-order valence-corrected chi connectivity index (χ2v) is 7.37. The van der Waals surface area contributed by atoms with Gasteiger partial charge in [0.25, 0.3) is 0 Å². The first kappa shape index (κ1) is 20.2. The van der Waals surface area contributed by atoms with Crippen molar-refractivity contribution in [1.29, 1.82) is 0 Å². The largest absolute Gasteiger partial charge is 0.312 e. The highest BCUT2D eigenvalue weighted by atomic mass is 15.5. The van der Waals surface area contributed by atoms with E-state index in [1.54, 1.807) is 0 Å². The molecule has 24 heavy (non-hydrogen) atoms. The fourth-order valence-corrected chi connectivity index (χ4v) is 2.77. The minimum Gasteiger partial charge on any atom is -0.312 e. The number of aryl methyl sites for hydroxylation is 1. The molecule has 1 N–H and O–H groups in total. The third kappa shape index (κ3) is 4.58. The van der Waals surface area contributed by atoms with Gasteiger partial charge in [0.05, 0.1) is 0 Å². The SMILES string of the molecule is C=C1NN=C(C(C)C)N1C(C)C.Cc1nnc(C(C)C)n1C(C)C. The fraction of sp³-hybridized carbons (Fsp3) is 0.722. The molecule has 6 nitrogen and oxygen atoms in total. The van der Waals surface area contributed by atoms with Crippen molar-refractivity contribution >= 4 is 5.84 Å². The Morgan fingerprint density at radius 2 is 1.46 bits per heavy atom. The number of aromatic nitrogens is 3. The molecule has 0 atom stereocenters. The van der Waals surface area contributed by atoms with Crippen LogP contribution in [0.25, 0.3) is 0 Å². The van der Waals surface area contributed by atoms with E-state index in [1.807, 2.05) is 6.92 Å². The summed E-state index contributed by atoms with van der Waals surface area (Å²) in [5, 5.41) is 12.4. The summed E-state index contributed by atoms with van der Waals surface area (Å²) in [5.41, 5.74) is 2.90. The van der Waals surface area contributed by atoms with Crippen molar-refractivity contribution in [2.45, 2.75) is 80.3 Å². The van der Waals surface area contributed by atoms with Crippen molar-refractivity contribution in [2.24, 2.45) is 11.0 Å². The Bertz CT molecular complexity index is 580. The molecule has 1 aliphatic rings. The first-order valence-electron chi connectivity index (χ1n) is 8.80. The topological polar surface area (TPSA) is 58.3 Å². The molecule has 1 aromatic rings. The number of hydrogen-bond acceptors (Lipinski definition) is 5. The number of nitrogens with zero attached hydrogens (tertiary/aromatic N) is 5. The van der Waals surface area contributed by atoms with Gasteiger partial charge in [0.2, 0.25) is 0 Å². The Labute approximate surface area is 147 Å². The predicted molar refractivity (Wildman–Crippen MR) is 101 cm³/mol. The lowest BCUT2D eigenvalue weighted by molar-refractivity contribution is 0.411. The van der Waals surface area contributed by atoms with Crippen LogP contribution in [0.4, 0.5) is 0 Å². The second kappa shape index (κ2) is 8.31. The lowest BCUT2D eigenvalue weighted by Crippen LogP contribution is -2.35. The van der Waals surface area contributed by atoms with Crippen LogP contribution in [0, 0.1) is 12.8 Å². The van der Waals surface area contributed by atoms with Crippen LogP contribution in [0.3, 0.4) is 0 Å². The molecule has 0 spiro atoms. The molecule has 6 heteroatoms. The van der Waals surface area contributed by atoms with Gasteiger partial charge in [-0.25, -0.2) is 0 Å². The summed E-state index contributed by atoms with van der Waals surface area (Å²) >= 11 is 0. The zero-order chi connectivity index (χ0) is 18.6. The number of hydrazone groups is 1. The molecule has 136 valence electrons. The maximum atomic E-state index is 4.21. The molecule has 0 saturated heterocycles. The fourth-order valence-electron chi connectivity index (χ4n) is 2.77. The van der Waals surface area contributed by atoms with Gasteiger partial charge in [-0.05, 0) is 34.6 Å². The van der Waals surface area contributed by atoms with E-state index in [2.05, 4.69) is 92.2 Å². The van der Waals surface area contributed by atoms with Gasteiger partial charge >= 0.3 is 0 Å². The zero-order valence-electron chi connectivity index (χ0n) is 16.8. The van der Waals surface area contributed by atoms with Crippen LogP contribution in [0.5, 0.6) is 0 Å². The van der Waals surface area contributed by atoms with E-state index in [1.165, 1.54) is 0 Å². The molecule has 0 fully saturated rings. The monoisotopic (exact) mass is 334 g/mol. The van der Waals surface area contributed by atoms with Gasteiger partial charge in [-0.2, -0.15) is 5.10 Å². The van der Waals surface area contributed by atoms with E-state index < -0.39 is 0 Å². The Morgan fingerprint density at radius 1 is 0.875 bits per heavy atom. The standard InChI is InChI=1S/2C9H17N3/c2*1-6(2)9-11-10-8(5)12(9)7(3)4/h6-7H,1-5H3;6-7,10H,5H2,1-4H3. The van der Waals surface area contributed by atoms with E-state index in [9.17, 15) is 0 Å². The maximum absolute atomic E-state index is 4.21. The van der Waals surface area contributed by atoms with Crippen molar-refractivity contribution in [2.75, 3.05) is 0 Å². The average Bonchev–Trinajstić information content (AvgIpc) is 3.02. The zero-order valence-corrected chi connectivity index (χ0v) is 16.8. The first-order chi connectivity index (χ1) is 11.1. The molecule has 1 aromatic heterocycles. The van der Waals surface area contributed by atoms with Crippen molar-refractivity contribution in [3.05, 3.63) is 24.0 Å². The normalized spacial score (nSPS) is 14.5. The molecule has 0 aliphatic carbocycles. The third-order valence-electron chi connectivity index (χ3n) is 3.80. The van der Waals surface area contributed by atoms with Crippen molar-refractivity contribution in [3.63, 3.8) is 0 Å². The lowest BCUT2D eigenvalue weighted by Gasteiger charge is -2.26. The van der Waals surface area contributed by atoms with Crippen molar-refractivity contribution in [1.82, 2.24) is 25.1 Å². The van der Waals surface area contributed by atoms with Gasteiger partial charge in [-0.1, -0.05) is 34.3 Å². The summed E-state index contributed by atoms with van der Waals surface area (Å²) in [7, 11) is 0. The van der Waals surface area contributed by atoms with E-state index in [0.717, 1.165) is 23.3 Å². The molecule has 0 amide bonds. The highest BCUT2D eigenvalue weighted by Gasteiger charge is 2.25. The van der Waals surface area contributed by atoms with Crippen molar-refractivity contribution < 1.29 is 0 Å². The Hall–Kier alpha value is -1.85. The number of nitrogens with one attached hydrogen (secondary N) is 1. The molecule has 0 saturated carbocycles. The molecular formula is C18H34N6.